The van der Waals surface area contributed by atoms with Gasteiger partial charge in [0.15, 0.2) is 0 Å². The van der Waals surface area contributed by atoms with Crippen molar-refractivity contribution in [2.75, 3.05) is 5.75 Å². The Balaban J connectivity index is 2.82. The molecule has 0 aliphatic carbocycles. The van der Waals surface area contributed by atoms with E-state index in [4.69, 9.17) is 0 Å². The minimum Gasteiger partial charge on any atom is -0.103 e. The quantitative estimate of drug-likeness (QED) is 0.556. The molecular weight excluding hydrogens is 144 g/mol. The van der Waals surface area contributed by atoms with Crippen LogP contribution in [0, 0.1) is 0 Å². The standard InChI is InChI=1S/C4H7S3/c1-2-3-7-4(5)6/h2-3H2,1H3. The van der Waals surface area contributed by atoms with Crippen LogP contribution in [0.25, 0.3) is 0 Å². The lowest BCUT2D eigenvalue weighted by molar-refractivity contribution is 1.11. The van der Waals surface area contributed by atoms with E-state index in [2.05, 4.69) is 31.8 Å². The van der Waals surface area contributed by atoms with Crippen LogP contribution in [-0.2, 0) is 0 Å². The Morgan fingerprint density at radius 2 is 2.29 bits per heavy atom. The third kappa shape index (κ3) is 6.66. The van der Waals surface area contributed by atoms with Crippen molar-refractivity contribution in [1.29, 1.82) is 0 Å². The third-order valence-corrected chi connectivity index (χ3v) is 1.98. The first-order valence-corrected chi connectivity index (χ1v) is 3.91. The molecular formula is C4H7S3. The van der Waals surface area contributed by atoms with Gasteiger partial charge in [-0.05, 0) is 12.2 Å². The van der Waals surface area contributed by atoms with Crippen molar-refractivity contribution in [3.8, 4) is 0 Å². The van der Waals surface area contributed by atoms with E-state index in [0.717, 1.165) is 12.2 Å². The monoisotopic (exact) mass is 151 g/mol. The molecule has 0 aromatic rings. The molecule has 41 valence electrons. The molecule has 0 nitrogen and oxygen atoms in total. The molecule has 0 saturated carbocycles. The van der Waals surface area contributed by atoms with Crippen molar-refractivity contribution < 1.29 is 0 Å². The highest BCUT2D eigenvalue weighted by Gasteiger charge is 1.86. The zero-order valence-corrected chi connectivity index (χ0v) is 6.59. The Morgan fingerprint density at radius 3 is 2.43 bits per heavy atom. The molecule has 0 aromatic heterocycles. The highest BCUT2D eigenvalue weighted by Crippen LogP contribution is 2.07. The van der Waals surface area contributed by atoms with Crippen LogP contribution in [-0.4, -0.2) is 9.28 Å². The first-order valence-electron chi connectivity index (χ1n) is 2.11. The lowest BCUT2D eigenvalue weighted by atomic mass is 10.6. The number of hydrogen-bond acceptors (Lipinski definition) is 2. The second-order valence-corrected chi connectivity index (χ2v) is 3.80. The minimum atomic E-state index is 0.641. The molecule has 0 aromatic carbocycles. The number of thiocarbonyl (C=S) groups is 1. The lowest BCUT2D eigenvalue weighted by Crippen LogP contribution is -1.75. The molecule has 3 heteroatoms. The van der Waals surface area contributed by atoms with Crippen molar-refractivity contribution in [1.82, 2.24) is 0 Å². The maximum absolute atomic E-state index is 4.64. The maximum atomic E-state index is 4.64. The van der Waals surface area contributed by atoms with Gasteiger partial charge in [-0.3, -0.25) is 0 Å². The number of thioether (sulfide) groups is 1. The van der Waals surface area contributed by atoms with Crippen LogP contribution >= 0.6 is 36.6 Å². The van der Waals surface area contributed by atoms with Gasteiger partial charge in [-0.25, -0.2) is 0 Å². The summed E-state index contributed by atoms with van der Waals surface area (Å²) in [5.41, 5.74) is 0. The van der Waals surface area contributed by atoms with E-state index < -0.39 is 0 Å². The maximum Gasteiger partial charge on any atom is 0.134 e. The lowest BCUT2D eigenvalue weighted by Gasteiger charge is -1.87. The predicted octanol–water partition coefficient (Wildman–Crippen LogP) is 2.61. The van der Waals surface area contributed by atoms with E-state index in [1.54, 1.807) is 11.8 Å². The third-order valence-electron chi connectivity index (χ3n) is 0.424. The Morgan fingerprint density at radius 1 is 1.71 bits per heavy atom. The van der Waals surface area contributed by atoms with Crippen LogP contribution < -0.4 is 0 Å². The zero-order chi connectivity index (χ0) is 5.70. The van der Waals surface area contributed by atoms with E-state index in [1.807, 2.05) is 0 Å². The molecule has 7 heavy (non-hydrogen) atoms. The Hall–Kier alpha value is 0.660. The highest BCUT2D eigenvalue weighted by molar-refractivity contribution is 8.41. The SMILES string of the molecule is CCCSC([S])=S. The average molecular weight is 151 g/mol. The summed E-state index contributed by atoms with van der Waals surface area (Å²) in [5, 5.41) is 0. The first kappa shape index (κ1) is 7.66. The van der Waals surface area contributed by atoms with E-state index in [9.17, 15) is 0 Å². The van der Waals surface area contributed by atoms with E-state index >= 15 is 0 Å². The summed E-state index contributed by atoms with van der Waals surface area (Å²) in [4.78, 5) is 0. The molecule has 0 aliphatic heterocycles. The average Bonchev–Trinajstić information content (AvgIpc) is 1.61. The summed E-state index contributed by atoms with van der Waals surface area (Å²) in [6.45, 7) is 2.11. The first-order chi connectivity index (χ1) is 3.27. The predicted molar refractivity (Wildman–Crippen MR) is 42.9 cm³/mol. The molecule has 0 bridgehead atoms. The molecule has 0 heterocycles. The largest absolute Gasteiger partial charge is 0.134 e. The molecule has 0 atom stereocenters. The van der Waals surface area contributed by atoms with Crippen LogP contribution in [0.15, 0.2) is 0 Å². The van der Waals surface area contributed by atoms with Gasteiger partial charge in [0.25, 0.3) is 0 Å². The van der Waals surface area contributed by atoms with E-state index in [1.165, 1.54) is 0 Å². The Bertz CT molecular complexity index is 60.0. The zero-order valence-electron chi connectivity index (χ0n) is 4.14. The fourth-order valence-electron chi connectivity index (χ4n) is 0.185. The topological polar surface area (TPSA) is 0 Å². The second-order valence-electron chi connectivity index (χ2n) is 1.10. The van der Waals surface area contributed by atoms with E-state index in [-0.39, 0.29) is 0 Å². The summed E-state index contributed by atoms with van der Waals surface area (Å²) in [7, 11) is 0. The second kappa shape index (κ2) is 4.81. The van der Waals surface area contributed by atoms with Crippen LogP contribution in [0.4, 0.5) is 0 Å². The minimum absolute atomic E-state index is 0.641. The Labute approximate surface area is 59.5 Å². The summed E-state index contributed by atoms with van der Waals surface area (Å²) < 4.78 is 0.641. The van der Waals surface area contributed by atoms with Crippen LogP contribution in [0.2, 0.25) is 0 Å². The van der Waals surface area contributed by atoms with Crippen molar-refractivity contribution in [2.45, 2.75) is 13.3 Å². The normalized spacial score (nSPS) is 8.71. The van der Waals surface area contributed by atoms with Gasteiger partial charge in [0.1, 0.15) is 3.53 Å². The number of rotatable bonds is 2. The molecule has 0 rings (SSSR count). The fraction of sp³-hybridized carbons (Fsp3) is 0.750. The van der Waals surface area contributed by atoms with Crippen LogP contribution in [0.3, 0.4) is 0 Å². The van der Waals surface area contributed by atoms with Gasteiger partial charge >= 0.3 is 0 Å². The molecule has 0 amide bonds. The van der Waals surface area contributed by atoms with Gasteiger partial charge in [0, 0.05) is 0 Å². The fourth-order valence-corrected chi connectivity index (χ4v) is 1.06. The van der Waals surface area contributed by atoms with Crippen LogP contribution in [0.5, 0.6) is 0 Å². The molecule has 1 radical (unpaired) electrons. The van der Waals surface area contributed by atoms with Crippen molar-refractivity contribution in [3.63, 3.8) is 0 Å². The van der Waals surface area contributed by atoms with Gasteiger partial charge in [-0.15, -0.1) is 11.8 Å². The summed E-state index contributed by atoms with van der Waals surface area (Å²) >= 11 is 10.9. The molecule has 0 spiro atoms. The van der Waals surface area contributed by atoms with Gasteiger partial charge in [-0.2, -0.15) is 0 Å². The molecule has 0 fully saturated rings. The number of hydrogen-bond donors (Lipinski definition) is 0. The van der Waals surface area contributed by atoms with E-state index in [0.29, 0.717) is 3.53 Å². The van der Waals surface area contributed by atoms with Crippen molar-refractivity contribution in [2.24, 2.45) is 0 Å². The molecule has 0 saturated heterocycles. The highest BCUT2D eigenvalue weighted by atomic mass is 32.2. The molecule has 0 aliphatic rings. The molecule has 0 N–H and O–H groups in total. The summed E-state index contributed by atoms with van der Waals surface area (Å²) in [6.07, 6.45) is 1.15. The van der Waals surface area contributed by atoms with Crippen molar-refractivity contribution in [3.05, 3.63) is 0 Å². The van der Waals surface area contributed by atoms with Crippen molar-refractivity contribution >= 4 is 40.1 Å². The smallest absolute Gasteiger partial charge is 0.103 e. The van der Waals surface area contributed by atoms with Gasteiger partial charge in [0.05, 0.1) is 0 Å². The molecule has 0 unspecified atom stereocenters. The summed E-state index contributed by atoms with van der Waals surface area (Å²) in [5.74, 6) is 1.07. The van der Waals surface area contributed by atoms with Gasteiger partial charge in [-0.1, -0.05) is 31.8 Å². The van der Waals surface area contributed by atoms with Crippen LogP contribution in [0.1, 0.15) is 13.3 Å². The Kier molecular flexibility index (Phi) is 5.26. The van der Waals surface area contributed by atoms with Gasteiger partial charge < -0.3 is 0 Å². The van der Waals surface area contributed by atoms with Gasteiger partial charge in [0.2, 0.25) is 0 Å². The summed E-state index contributed by atoms with van der Waals surface area (Å²) in [6, 6.07) is 0.